The highest BCUT2D eigenvalue weighted by Gasteiger charge is 2.11. The number of halogens is 2. The number of aromatic nitrogens is 1. The predicted octanol–water partition coefficient (Wildman–Crippen LogP) is 0.473. The minimum absolute atomic E-state index is 0.0147. The molecule has 66 valence electrons. The Morgan fingerprint density at radius 3 is 2.50 bits per heavy atom. The molecule has 12 heavy (non-hydrogen) atoms. The van der Waals surface area contributed by atoms with E-state index < -0.39 is 15.8 Å². The Bertz CT molecular complexity index is 406. The van der Waals surface area contributed by atoms with Gasteiger partial charge in [-0.1, -0.05) is 0 Å². The summed E-state index contributed by atoms with van der Waals surface area (Å²) in [6.07, 6.45) is 0. The van der Waals surface area contributed by atoms with Crippen LogP contribution in [0.25, 0.3) is 0 Å². The van der Waals surface area contributed by atoms with Crippen LogP contribution in [0.1, 0.15) is 0 Å². The van der Waals surface area contributed by atoms with Crippen LogP contribution in [0.3, 0.4) is 0 Å². The molecule has 0 saturated heterocycles. The van der Waals surface area contributed by atoms with Gasteiger partial charge in [0.2, 0.25) is 0 Å². The molecule has 0 aliphatic carbocycles. The van der Waals surface area contributed by atoms with Gasteiger partial charge in [-0.25, -0.2) is 22.9 Å². The Hall–Kier alpha value is -0.280. The maximum absolute atomic E-state index is 12.6. The molecule has 7 heteroatoms. The molecule has 0 fully saturated rings. The lowest BCUT2D eigenvalue weighted by Gasteiger charge is -1.97. The average molecular weight is 302 g/mol. The molecule has 0 amide bonds. The first kappa shape index (κ1) is 9.81. The number of nitrogens with zero attached hydrogens (tertiary/aromatic N) is 1. The summed E-state index contributed by atoms with van der Waals surface area (Å²) in [4.78, 5) is 3.44. The van der Waals surface area contributed by atoms with E-state index in [4.69, 9.17) is 5.14 Å². The van der Waals surface area contributed by atoms with E-state index in [1.54, 1.807) is 22.6 Å². The van der Waals surface area contributed by atoms with Crippen LogP contribution < -0.4 is 5.14 Å². The first-order valence-electron chi connectivity index (χ1n) is 2.76. The smallest absolute Gasteiger partial charge is 0.226 e. The topological polar surface area (TPSA) is 73.1 Å². The van der Waals surface area contributed by atoms with Gasteiger partial charge in [-0.3, -0.25) is 0 Å². The van der Waals surface area contributed by atoms with Crippen molar-refractivity contribution in [3.05, 3.63) is 21.7 Å². The third-order valence-corrected chi connectivity index (χ3v) is 2.64. The van der Waals surface area contributed by atoms with Crippen molar-refractivity contribution in [2.45, 2.75) is 5.03 Å². The number of rotatable bonds is 1. The minimum Gasteiger partial charge on any atom is -0.226 e. The second kappa shape index (κ2) is 3.23. The monoisotopic (exact) mass is 302 g/mol. The largest absolute Gasteiger partial charge is 0.255 e. The van der Waals surface area contributed by atoms with Crippen molar-refractivity contribution in [2.75, 3.05) is 0 Å². The molecule has 4 nitrogen and oxygen atoms in total. The standard InChI is InChI=1S/C5H4FIN2O2S/c6-3-1-2-4(9-5(3)7)12(8,10)11/h1-2H,(H2,8,10,11). The molecule has 0 unspecified atom stereocenters. The fourth-order valence-electron chi connectivity index (χ4n) is 0.559. The summed E-state index contributed by atoms with van der Waals surface area (Å²) in [5, 5.41) is 4.43. The highest BCUT2D eigenvalue weighted by atomic mass is 127. The van der Waals surface area contributed by atoms with Crippen molar-refractivity contribution in [2.24, 2.45) is 5.14 Å². The lowest BCUT2D eigenvalue weighted by atomic mass is 10.5. The Balaban J connectivity index is 3.33. The van der Waals surface area contributed by atoms with E-state index in [1.807, 2.05) is 0 Å². The van der Waals surface area contributed by atoms with Gasteiger partial charge in [0.1, 0.15) is 3.70 Å². The summed E-state index contributed by atoms with van der Waals surface area (Å²) in [5.74, 6) is -0.567. The fraction of sp³-hybridized carbons (Fsp3) is 0. The molecule has 1 aromatic heterocycles. The van der Waals surface area contributed by atoms with Gasteiger partial charge in [-0.15, -0.1) is 0 Å². The van der Waals surface area contributed by atoms with E-state index in [1.165, 1.54) is 0 Å². The molecule has 0 radical (unpaired) electrons. The molecule has 1 aromatic rings. The van der Waals surface area contributed by atoms with E-state index in [2.05, 4.69) is 4.98 Å². The van der Waals surface area contributed by atoms with Crippen LogP contribution in [0.2, 0.25) is 0 Å². The van der Waals surface area contributed by atoms with Crippen molar-refractivity contribution in [3.63, 3.8) is 0 Å². The highest BCUT2D eigenvalue weighted by molar-refractivity contribution is 14.1. The SMILES string of the molecule is NS(=O)(=O)c1ccc(F)c(I)n1. The van der Waals surface area contributed by atoms with Crippen LogP contribution in [0, 0.1) is 9.52 Å². The summed E-state index contributed by atoms with van der Waals surface area (Å²) in [6.45, 7) is 0. The summed E-state index contributed by atoms with van der Waals surface area (Å²) in [7, 11) is -3.82. The van der Waals surface area contributed by atoms with Gasteiger partial charge >= 0.3 is 0 Å². The number of sulfonamides is 1. The first-order valence-corrected chi connectivity index (χ1v) is 5.38. The lowest BCUT2D eigenvalue weighted by Crippen LogP contribution is -2.14. The van der Waals surface area contributed by atoms with Crippen LogP contribution in [-0.2, 0) is 10.0 Å². The molecule has 1 rings (SSSR count). The van der Waals surface area contributed by atoms with Crippen molar-refractivity contribution in [3.8, 4) is 0 Å². The van der Waals surface area contributed by atoms with E-state index in [-0.39, 0.29) is 8.73 Å². The number of hydrogen-bond acceptors (Lipinski definition) is 3. The molecule has 0 aliphatic heterocycles. The molecule has 0 spiro atoms. The molecule has 0 saturated carbocycles. The van der Waals surface area contributed by atoms with Crippen LogP contribution in [0.15, 0.2) is 17.2 Å². The number of nitrogens with two attached hydrogens (primary N) is 1. The molecule has 0 aliphatic rings. The molecule has 0 aromatic carbocycles. The predicted molar refractivity (Wildman–Crippen MR) is 48.3 cm³/mol. The van der Waals surface area contributed by atoms with Gasteiger partial charge in [-0.2, -0.15) is 0 Å². The van der Waals surface area contributed by atoms with Crippen molar-refractivity contribution in [1.29, 1.82) is 0 Å². The van der Waals surface area contributed by atoms with Gasteiger partial charge in [0.05, 0.1) is 0 Å². The highest BCUT2D eigenvalue weighted by Crippen LogP contribution is 2.10. The van der Waals surface area contributed by atoms with Crippen molar-refractivity contribution in [1.82, 2.24) is 4.98 Å². The zero-order valence-electron chi connectivity index (χ0n) is 5.66. The van der Waals surface area contributed by atoms with Gasteiger partial charge in [0.15, 0.2) is 10.8 Å². The Morgan fingerprint density at radius 2 is 2.08 bits per heavy atom. The fourth-order valence-corrected chi connectivity index (χ4v) is 1.64. The van der Waals surface area contributed by atoms with Gasteiger partial charge in [0, 0.05) is 0 Å². The molecular weight excluding hydrogens is 298 g/mol. The lowest BCUT2D eigenvalue weighted by molar-refractivity contribution is 0.586. The summed E-state index contributed by atoms with van der Waals surface area (Å²) in [6, 6.07) is 2.03. The number of primary sulfonamides is 1. The minimum atomic E-state index is -3.82. The molecule has 2 N–H and O–H groups in total. The molecule has 0 bridgehead atoms. The third-order valence-electron chi connectivity index (χ3n) is 1.07. The third kappa shape index (κ3) is 2.11. The summed E-state index contributed by atoms with van der Waals surface area (Å²) in [5.41, 5.74) is 0. The van der Waals surface area contributed by atoms with Crippen LogP contribution in [-0.4, -0.2) is 13.4 Å². The van der Waals surface area contributed by atoms with Crippen LogP contribution >= 0.6 is 22.6 Å². The summed E-state index contributed by atoms with van der Waals surface area (Å²) < 4.78 is 33.9. The maximum atomic E-state index is 12.6. The number of hydrogen-bond donors (Lipinski definition) is 1. The van der Waals surface area contributed by atoms with Crippen molar-refractivity contribution < 1.29 is 12.8 Å². The number of pyridine rings is 1. The first-order chi connectivity index (χ1) is 5.41. The van der Waals surface area contributed by atoms with Crippen LogP contribution in [0.5, 0.6) is 0 Å². The van der Waals surface area contributed by atoms with Gasteiger partial charge in [0.25, 0.3) is 10.0 Å². The van der Waals surface area contributed by atoms with E-state index in [9.17, 15) is 12.8 Å². The molecule has 0 atom stereocenters. The normalized spacial score (nSPS) is 11.6. The van der Waals surface area contributed by atoms with Crippen molar-refractivity contribution >= 4 is 32.6 Å². The van der Waals surface area contributed by atoms with Crippen LogP contribution in [0.4, 0.5) is 4.39 Å². The van der Waals surface area contributed by atoms with Gasteiger partial charge in [-0.05, 0) is 34.7 Å². The zero-order valence-corrected chi connectivity index (χ0v) is 8.63. The Labute approximate surface area is 82.2 Å². The quantitative estimate of drug-likeness (QED) is 0.605. The molecular formula is C5H4FIN2O2S. The Kier molecular flexibility index (Phi) is 2.64. The van der Waals surface area contributed by atoms with E-state index in [0.717, 1.165) is 12.1 Å². The van der Waals surface area contributed by atoms with E-state index in [0.29, 0.717) is 0 Å². The second-order valence-corrected chi connectivity index (χ2v) is 4.50. The maximum Gasteiger partial charge on any atom is 0.255 e. The Morgan fingerprint density at radius 1 is 1.50 bits per heavy atom. The second-order valence-electron chi connectivity index (χ2n) is 1.97. The van der Waals surface area contributed by atoms with E-state index >= 15 is 0 Å². The molecule has 1 heterocycles. The van der Waals surface area contributed by atoms with Gasteiger partial charge < -0.3 is 0 Å². The summed E-state index contributed by atoms with van der Waals surface area (Å²) >= 11 is 1.58. The average Bonchev–Trinajstić information content (AvgIpc) is 1.92. The zero-order chi connectivity index (χ0) is 9.35.